The van der Waals surface area contributed by atoms with E-state index in [0.717, 1.165) is 32.5 Å². The van der Waals surface area contributed by atoms with Crippen LogP contribution in [0.3, 0.4) is 0 Å². The summed E-state index contributed by atoms with van der Waals surface area (Å²) in [7, 11) is 0. The van der Waals surface area contributed by atoms with Crippen LogP contribution in [0, 0.1) is 19.8 Å². The second kappa shape index (κ2) is 6.19. The Morgan fingerprint density at radius 2 is 2.11 bits per heavy atom. The van der Waals surface area contributed by atoms with Crippen molar-refractivity contribution in [2.24, 2.45) is 5.92 Å². The second-order valence-corrected chi connectivity index (χ2v) is 5.18. The summed E-state index contributed by atoms with van der Waals surface area (Å²) in [6.07, 6.45) is 2.27. The molecule has 1 aliphatic rings. The summed E-state index contributed by atoms with van der Waals surface area (Å²) in [6.45, 7) is 9.23. The Labute approximate surface area is 114 Å². The zero-order valence-electron chi connectivity index (χ0n) is 12.0. The molecule has 106 valence electrons. The molecule has 2 rings (SSSR count). The van der Waals surface area contributed by atoms with Gasteiger partial charge in [0.2, 0.25) is 5.76 Å². The van der Waals surface area contributed by atoms with Crippen molar-refractivity contribution in [3.05, 3.63) is 17.3 Å². The SMILES string of the molecule is CCN(CC1CCNCC1)C(=O)c1oc(C)nc1C. The van der Waals surface area contributed by atoms with Crippen LogP contribution in [0.5, 0.6) is 0 Å². The fourth-order valence-electron chi connectivity index (χ4n) is 2.60. The molecule has 0 unspecified atom stereocenters. The Hall–Kier alpha value is -1.36. The van der Waals surface area contributed by atoms with E-state index in [-0.39, 0.29) is 5.91 Å². The van der Waals surface area contributed by atoms with Crippen molar-refractivity contribution in [2.45, 2.75) is 33.6 Å². The summed E-state index contributed by atoms with van der Waals surface area (Å²) in [5.74, 6) is 1.51. The topological polar surface area (TPSA) is 58.4 Å². The zero-order valence-corrected chi connectivity index (χ0v) is 12.0. The molecular weight excluding hydrogens is 242 g/mol. The number of amides is 1. The predicted molar refractivity (Wildman–Crippen MR) is 73.1 cm³/mol. The van der Waals surface area contributed by atoms with E-state index in [1.807, 2.05) is 18.7 Å². The molecule has 1 fully saturated rings. The maximum atomic E-state index is 12.5. The number of carbonyl (C=O) groups is 1. The normalized spacial score (nSPS) is 16.6. The number of rotatable bonds is 4. The summed E-state index contributed by atoms with van der Waals surface area (Å²) < 4.78 is 5.43. The molecule has 1 aromatic heterocycles. The van der Waals surface area contributed by atoms with Crippen molar-refractivity contribution < 1.29 is 9.21 Å². The van der Waals surface area contributed by atoms with Gasteiger partial charge in [-0.05, 0) is 45.7 Å². The van der Waals surface area contributed by atoms with Crippen LogP contribution in [-0.2, 0) is 0 Å². The quantitative estimate of drug-likeness (QED) is 0.901. The Bertz CT molecular complexity index is 436. The van der Waals surface area contributed by atoms with E-state index in [0.29, 0.717) is 29.8 Å². The summed E-state index contributed by atoms with van der Waals surface area (Å²) in [5, 5.41) is 3.35. The molecular formula is C14H23N3O2. The summed E-state index contributed by atoms with van der Waals surface area (Å²) in [4.78, 5) is 18.5. The van der Waals surface area contributed by atoms with Gasteiger partial charge in [-0.25, -0.2) is 4.98 Å². The maximum absolute atomic E-state index is 12.5. The van der Waals surface area contributed by atoms with Crippen LogP contribution in [-0.4, -0.2) is 42.0 Å². The predicted octanol–water partition coefficient (Wildman–Crippen LogP) is 1.75. The van der Waals surface area contributed by atoms with Crippen LogP contribution in [0.4, 0.5) is 0 Å². The molecule has 0 saturated carbocycles. The molecule has 19 heavy (non-hydrogen) atoms. The molecule has 0 bridgehead atoms. The first-order valence-corrected chi connectivity index (χ1v) is 7.05. The first-order valence-electron chi connectivity index (χ1n) is 7.05. The van der Waals surface area contributed by atoms with Gasteiger partial charge in [-0.1, -0.05) is 0 Å². The Morgan fingerprint density at radius 1 is 1.42 bits per heavy atom. The highest BCUT2D eigenvalue weighted by atomic mass is 16.4. The van der Waals surface area contributed by atoms with Crippen molar-refractivity contribution in [1.29, 1.82) is 0 Å². The molecule has 2 heterocycles. The molecule has 1 aromatic rings. The number of piperidine rings is 1. The number of carbonyl (C=O) groups excluding carboxylic acids is 1. The van der Waals surface area contributed by atoms with E-state index in [2.05, 4.69) is 10.3 Å². The van der Waals surface area contributed by atoms with Crippen molar-refractivity contribution in [1.82, 2.24) is 15.2 Å². The first kappa shape index (κ1) is 14.1. The second-order valence-electron chi connectivity index (χ2n) is 5.18. The lowest BCUT2D eigenvalue weighted by Gasteiger charge is -2.29. The highest BCUT2D eigenvalue weighted by molar-refractivity contribution is 5.92. The third kappa shape index (κ3) is 3.35. The molecule has 0 spiro atoms. The van der Waals surface area contributed by atoms with E-state index >= 15 is 0 Å². The lowest BCUT2D eigenvalue weighted by molar-refractivity contribution is 0.0692. The molecule has 0 atom stereocenters. The van der Waals surface area contributed by atoms with E-state index in [9.17, 15) is 4.79 Å². The molecule has 0 aliphatic carbocycles. The molecule has 0 radical (unpaired) electrons. The van der Waals surface area contributed by atoms with Gasteiger partial charge in [-0.15, -0.1) is 0 Å². The summed E-state index contributed by atoms with van der Waals surface area (Å²) in [5.41, 5.74) is 0.686. The van der Waals surface area contributed by atoms with Crippen LogP contribution >= 0.6 is 0 Å². The highest BCUT2D eigenvalue weighted by Crippen LogP contribution is 2.17. The number of aromatic nitrogens is 1. The van der Waals surface area contributed by atoms with Crippen molar-refractivity contribution in [2.75, 3.05) is 26.2 Å². The fourth-order valence-corrected chi connectivity index (χ4v) is 2.60. The van der Waals surface area contributed by atoms with Gasteiger partial charge in [0.25, 0.3) is 5.91 Å². The highest BCUT2D eigenvalue weighted by Gasteiger charge is 2.24. The van der Waals surface area contributed by atoms with Crippen LogP contribution in [0.25, 0.3) is 0 Å². The van der Waals surface area contributed by atoms with E-state index < -0.39 is 0 Å². The van der Waals surface area contributed by atoms with Gasteiger partial charge in [0.1, 0.15) is 0 Å². The van der Waals surface area contributed by atoms with Gasteiger partial charge >= 0.3 is 0 Å². The van der Waals surface area contributed by atoms with Crippen molar-refractivity contribution >= 4 is 5.91 Å². The van der Waals surface area contributed by atoms with Crippen LogP contribution in [0.1, 0.15) is 41.9 Å². The monoisotopic (exact) mass is 265 g/mol. The molecule has 1 saturated heterocycles. The number of hydrogen-bond acceptors (Lipinski definition) is 4. The lowest BCUT2D eigenvalue weighted by atomic mass is 9.97. The van der Waals surface area contributed by atoms with Gasteiger partial charge in [-0.2, -0.15) is 0 Å². The summed E-state index contributed by atoms with van der Waals surface area (Å²) in [6, 6.07) is 0. The third-order valence-electron chi connectivity index (χ3n) is 3.70. The molecule has 1 aliphatic heterocycles. The van der Waals surface area contributed by atoms with Crippen LogP contribution in [0.15, 0.2) is 4.42 Å². The number of hydrogen-bond donors (Lipinski definition) is 1. The number of nitrogens with zero attached hydrogens (tertiary/aromatic N) is 2. The molecule has 5 nitrogen and oxygen atoms in total. The number of oxazole rings is 1. The van der Waals surface area contributed by atoms with Gasteiger partial charge in [0, 0.05) is 20.0 Å². The van der Waals surface area contributed by atoms with Gasteiger partial charge < -0.3 is 14.6 Å². The Kier molecular flexibility index (Phi) is 4.58. The minimum atomic E-state index is -0.0286. The number of aryl methyl sites for hydroxylation is 2. The fraction of sp³-hybridized carbons (Fsp3) is 0.714. The van der Waals surface area contributed by atoms with Crippen molar-refractivity contribution in [3.8, 4) is 0 Å². The minimum absolute atomic E-state index is 0.0286. The Morgan fingerprint density at radius 3 is 2.63 bits per heavy atom. The maximum Gasteiger partial charge on any atom is 0.291 e. The average Bonchev–Trinajstić information content (AvgIpc) is 2.75. The van der Waals surface area contributed by atoms with Gasteiger partial charge in [0.05, 0.1) is 5.69 Å². The molecule has 1 N–H and O–H groups in total. The molecule has 5 heteroatoms. The van der Waals surface area contributed by atoms with Crippen LogP contribution < -0.4 is 5.32 Å². The van der Waals surface area contributed by atoms with E-state index in [1.54, 1.807) is 6.92 Å². The zero-order chi connectivity index (χ0) is 13.8. The lowest BCUT2D eigenvalue weighted by Crippen LogP contribution is -2.39. The standard InChI is InChI=1S/C14H23N3O2/c1-4-17(9-12-5-7-15-8-6-12)14(18)13-10(2)16-11(3)19-13/h12,15H,4-9H2,1-3H3. The first-order chi connectivity index (χ1) is 9.11. The van der Waals surface area contributed by atoms with Gasteiger partial charge in [0.15, 0.2) is 5.89 Å². The van der Waals surface area contributed by atoms with Gasteiger partial charge in [-0.3, -0.25) is 4.79 Å². The minimum Gasteiger partial charge on any atom is -0.436 e. The molecule has 1 amide bonds. The average molecular weight is 265 g/mol. The smallest absolute Gasteiger partial charge is 0.291 e. The third-order valence-corrected chi connectivity index (χ3v) is 3.70. The molecule has 0 aromatic carbocycles. The van der Waals surface area contributed by atoms with E-state index in [4.69, 9.17) is 4.42 Å². The number of nitrogens with one attached hydrogen (secondary N) is 1. The van der Waals surface area contributed by atoms with Crippen LogP contribution in [0.2, 0.25) is 0 Å². The van der Waals surface area contributed by atoms with Crippen molar-refractivity contribution in [3.63, 3.8) is 0 Å². The van der Waals surface area contributed by atoms with E-state index in [1.165, 1.54) is 0 Å². The largest absolute Gasteiger partial charge is 0.436 e. The Balaban J connectivity index is 2.04. The summed E-state index contributed by atoms with van der Waals surface area (Å²) >= 11 is 0.